The summed E-state index contributed by atoms with van der Waals surface area (Å²) in [6.07, 6.45) is -3.99. The lowest BCUT2D eigenvalue weighted by molar-refractivity contribution is -0.137. The smallest absolute Gasteiger partial charge is 0.416 e. The number of carbonyl (C=O) groups is 1. The lowest BCUT2D eigenvalue weighted by Gasteiger charge is -2.31. The van der Waals surface area contributed by atoms with Crippen LogP contribution in [-0.4, -0.2) is 38.8 Å². The highest BCUT2D eigenvalue weighted by molar-refractivity contribution is 7.89. The second-order valence-corrected chi connectivity index (χ2v) is 10.2. The van der Waals surface area contributed by atoms with Gasteiger partial charge in [0, 0.05) is 24.7 Å². The maximum Gasteiger partial charge on any atom is 0.416 e. The summed E-state index contributed by atoms with van der Waals surface area (Å²) in [7, 11) is -2.43. The van der Waals surface area contributed by atoms with E-state index in [-0.39, 0.29) is 48.2 Å². The Morgan fingerprint density at radius 3 is 2.36 bits per heavy atom. The van der Waals surface area contributed by atoms with E-state index in [1.54, 1.807) is 12.1 Å². The van der Waals surface area contributed by atoms with E-state index in [0.29, 0.717) is 0 Å². The maximum atomic E-state index is 13.3. The van der Waals surface area contributed by atoms with Gasteiger partial charge in [0.2, 0.25) is 15.9 Å². The minimum atomic E-state index is -4.51. The van der Waals surface area contributed by atoms with Crippen molar-refractivity contribution < 1.29 is 31.1 Å². The first-order chi connectivity index (χ1) is 15.4. The number of sulfonamides is 1. The van der Waals surface area contributed by atoms with Crippen LogP contribution in [0.25, 0.3) is 0 Å². The van der Waals surface area contributed by atoms with Crippen LogP contribution >= 0.6 is 0 Å². The molecule has 0 unspecified atom stereocenters. The number of hydrogen-bond donors (Lipinski definition) is 1. The number of alkyl halides is 3. The van der Waals surface area contributed by atoms with Crippen molar-refractivity contribution in [2.24, 2.45) is 5.92 Å². The van der Waals surface area contributed by atoms with E-state index in [0.717, 1.165) is 17.7 Å². The maximum absolute atomic E-state index is 13.3. The molecule has 180 valence electrons. The van der Waals surface area contributed by atoms with Gasteiger partial charge in [0.25, 0.3) is 0 Å². The summed E-state index contributed by atoms with van der Waals surface area (Å²) in [6.45, 7) is 4.18. The van der Waals surface area contributed by atoms with Gasteiger partial charge < -0.3 is 10.1 Å². The van der Waals surface area contributed by atoms with Crippen LogP contribution in [0.1, 0.15) is 43.7 Å². The largest absolute Gasteiger partial charge is 0.495 e. The third kappa shape index (κ3) is 5.67. The van der Waals surface area contributed by atoms with Crippen LogP contribution in [-0.2, 0) is 21.0 Å². The van der Waals surface area contributed by atoms with Crippen molar-refractivity contribution in [3.8, 4) is 5.75 Å². The number of ether oxygens (including phenoxy) is 1. The number of amides is 1. The standard InChI is InChI=1S/C23H27F3N2O4S/c1-15(2)17-7-8-20(32-3)21(13-17)33(30,31)28-11-9-16(10-12-28)22(29)27-19-6-4-5-18(14-19)23(24,25)26/h4-8,13-16H,9-12H2,1-3H3,(H,27,29). The Balaban J connectivity index is 1.69. The van der Waals surface area contributed by atoms with Gasteiger partial charge in [0.05, 0.1) is 12.7 Å². The van der Waals surface area contributed by atoms with Crippen molar-refractivity contribution in [2.45, 2.75) is 43.7 Å². The number of nitrogens with zero attached hydrogens (tertiary/aromatic N) is 1. The van der Waals surface area contributed by atoms with Crippen molar-refractivity contribution in [1.82, 2.24) is 4.31 Å². The van der Waals surface area contributed by atoms with E-state index >= 15 is 0 Å². The Morgan fingerprint density at radius 1 is 1.12 bits per heavy atom. The molecule has 2 aromatic rings. The molecule has 1 aliphatic heterocycles. The zero-order valence-corrected chi connectivity index (χ0v) is 19.5. The van der Waals surface area contributed by atoms with Crippen LogP contribution in [0.2, 0.25) is 0 Å². The fourth-order valence-corrected chi connectivity index (χ4v) is 5.43. The van der Waals surface area contributed by atoms with E-state index in [4.69, 9.17) is 4.74 Å². The molecule has 1 aliphatic rings. The first-order valence-electron chi connectivity index (χ1n) is 10.6. The monoisotopic (exact) mass is 484 g/mol. The number of halogens is 3. The number of benzene rings is 2. The molecule has 1 heterocycles. The van der Waals surface area contributed by atoms with E-state index in [2.05, 4.69) is 5.32 Å². The molecule has 2 aromatic carbocycles. The molecule has 0 spiro atoms. The lowest BCUT2D eigenvalue weighted by Crippen LogP contribution is -2.41. The molecule has 0 aliphatic carbocycles. The fourth-order valence-electron chi connectivity index (χ4n) is 3.77. The van der Waals surface area contributed by atoms with Crippen LogP contribution in [0.5, 0.6) is 5.75 Å². The Morgan fingerprint density at radius 2 is 1.79 bits per heavy atom. The third-order valence-corrected chi connectivity index (χ3v) is 7.67. The minimum absolute atomic E-state index is 0.0557. The van der Waals surface area contributed by atoms with Gasteiger partial charge in [-0.05, 0) is 54.7 Å². The molecular formula is C23H27F3N2O4S. The summed E-state index contributed by atoms with van der Waals surface area (Å²) in [5.74, 6) is -0.542. The van der Waals surface area contributed by atoms with Crippen LogP contribution < -0.4 is 10.1 Å². The molecule has 33 heavy (non-hydrogen) atoms. The van der Waals surface area contributed by atoms with E-state index in [1.807, 2.05) is 19.9 Å². The van der Waals surface area contributed by atoms with Gasteiger partial charge >= 0.3 is 6.18 Å². The van der Waals surface area contributed by atoms with E-state index in [9.17, 15) is 26.4 Å². The molecular weight excluding hydrogens is 457 g/mol. The Kier molecular flexibility index (Phi) is 7.38. The number of hydrogen-bond acceptors (Lipinski definition) is 4. The molecule has 3 rings (SSSR count). The minimum Gasteiger partial charge on any atom is -0.495 e. The molecule has 10 heteroatoms. The van der Waals surface area contributed by atoms with Gasteiger partial charge in [-0.2, -0.15) is 17.5 Å². The Hall–Kier alpha value is -2.59. The normalized spacial score (nSPS) is 16.1. The molecule has 0 saturated carbocycles. The van der Waals surface area contributed by atoms with Crippen LogP contribution in [0, 0.1) is 5.92 Å². The second-order valence-electron chi connectivity index (χ2n) is 8.31. The summed E-state index contributed by atoms with van der Waals surface area (Å²) in [5, 5.41) is 2.52. The molecule has 0 aromatic heterocycles. The van der Waals surface area contributed by atoms with Gasteiger partial charge in [0.15, 0.2) is 0 Å². The average Bonchev–Trinajstić information content (AvgIpc) is 2.78. The van der Waals surface area contributed by atoms with Crippen molar-refractivity contribution >= 4 is 21.6 Å². The predicted molar refractivity (Wildman–Crippen MR) is 119 cm³/mol. The highest BCUT2D eigenvalue weighted by Crippen LogP contribution is 2.33. The summed E-state index contributed by atoms with van der Waals surface area (Å²) in [6, 6.07) is 9.51. The van der Waals surface area contributed by atoms with Gasteiger partial charge in [-0.1, -0.05) is 26.0 Å². The lowest BCUT2D eigenvalue weighted by atomic mass is 9.97. The zero-order chi connectivity index (χ0) is 24.4. The van der Waals surface area contributed by atoms with Gasteiger partial charge in [-0.25, -0.2) is 8.42 Å². The molecule has 1 amide bonds. The summed E-state index contributed by atoms with van der Waals surface area (Å²) in [4.78, 5) is 12.7. The van der Waals surface area contributed by atoms with Crippen molar-refractivity contribution in [1.29, 1.82) is 0 Å². The van der Waals surface area contributed by atoms with Crippen LogP contribution in [0.15, 0.2) is 47.4 Å². The number of methoxy groups -OCH3 is 1. The van der Waals surface area contributed by atoms with Gasteiger partial charge in [0.1, 0.15) is 10.6 Å². The number of anilines is 1. The molecule has 0 atom stereocenters. The molecule has 1 saturated heterocycles. The van der Waals surface area contributed by atoms with E-state index < -0.39 is 33.6 Å². The topological polar surface area (TPSA) is 75.7 Å². The predicted octanol–water partition coefficient (Wildman–Crippen LogP) is 4.88. The fraction of sp³-hybridized carbons (Fsp3) is 0.435. The SMILES string of the molecule is COc1ccc(C(C)C)cc1S(=O)(=O)N1CCC(C(=O)Nc2cccc(C(F)(F)F)c2)CC1. The number of rotatable bonds is 6. The first-order valence-corrected chi connectivity index (χ1v) is 12.0. The van der Waals surface area contributed by atoms with Gasteiger partial charge in [-0.15, -0.1) is 0 Å². The van der Waals surface area contributed by atoms with Crippen LogP contribution in [0.3, 0.4) is 0 Å². The number of carbonyl (C=O) groups excluding carboxylic acids is 1. The van der Waals surface area contributed by atoms with Crippen LogP contribution in [0.4, 0.5) is 18.9 Å². The molecule has 1 fully saturated rings. The highest BCUT2D eigenvalue weighted by Gasteiger charge is 2.34. The third-order valence-electron chi connectivity index (χ3n) is 5.75. The Labute approximate surface area is 191 Å². The molecule has 6 nitrogen and oxygen atoms in total. The molecule has 0 bridgehead atoms. The average molecular weight is 485 g/mol. The van der Waals surface area contributed by atoms with Crippen molar-refractivity contribution in [2.75, 3.05) is 25.5 Å². The summed E-state index contributed by atoms with van der Waals surface area (Å²) >= 11 is 0. The van der Waals surface area contributed by atoms with E-state index in [1.165, 1.54) is 23.5 Å². The van der Waals surface area contributed by atoms with Crippen molar-refractivity contribution in [3.05, 3.63) is 53.6 Å². The summed E-state index contributed by atoms with van der Waals surface area (Å²) < 4.78 is 71.8. The van der Waals surface area contributed by atoms with Gasteiger partial charge in [-0.3, -0.25) is 4.79 Å². The zero-order valence-electron chi connectivity index (χ0n) is 18.6. The molecule has 0 radical (unpaired) electrons. The molecule has 1 N–H and O–H groups in total. The Bertz CT molecular complexity index is 1110. The second kappa shape index (κ2) is 9.72. The quantitative estimate of drug-likeness (QED) is 0.634. The van der Waals surface area contributed by atoms with Crippen molar-refractivity contribution in [3.63, 3.8) is 0 Å². The summed E-state index contributed by atoms with van der Waals surface area (Å²) in [5.41, 5.74) is 0.0728. The number of nitrogens with one attached hydrogen (secondary N) is 1. The first kappa shape index (κ1) is 25.0. The number of piperidine rings is 1. The highest BCUT2D eigenvalue weighted by atomic mass is 32.2.